The number of fused-ring (bicyclic) bond motifs is 2. The number of anilines is 1. The van der Waals surface area contributed by atoms with Gasteiger partial charge in [-0.05, 0) is 77.9 Å². The van der Waals surface area contributed by atoms with Gasteiger partial charge in [-0.3, -0.25) is 33.9 Å². The Morgan fingerprint density at radius 3 is 2.31 bits per heavy atom. The van der Waals surface area contributed by atoms with E-state index in [1.807, 2.05) is 100 Å². The number of benzene rings is 4. The summed E-state index contributed by atoms with van der Waals surface area (Å²) in [6, 6.07) is 18.2. The molecule has 6 aromatic rings. The highest BCUT2D eigenvalue weighted by atomic mass is 35.5. The molecule has 10 rings (SSSR count). The molecule has 5 atom stereocenters. The molecule has 18 nitrogen and oxygen atoms in total. The molecule has 4 fully saturated rings. The number of piperazine rings is 2. The number of nitrogens with zero attached hydrogens (tertiary/aromatic N) is 9. The Morgan fingerprint density at radius 2 is 1.63 bits per heavy atom. The van der Waals surface area contributed by atoms with E-state index in [0.717, 1.165) is 53.3 Å². The molecule has 428 valence electrons. The van der Waals surface area contributed by atoms with Crippen molar-refractivity contribution in [1.82, 2.24) is 50.1 Å². The van der Waals surface area contributed by atoms with Gasteiger partial charge < -0.3 is 40.3 Å². The number of phenols is 1. The van der Waals surface area contributed by atoms with Crippen LogP contribution in [0.4, 0.5) is 10.2 Å². The zero-order valence-electron chi connectivity index (χ0n) is 46.7. The number of halogens is 2. The number of aryl methyl sites for hydroxylation is 1. The molecule has 21 heteroatoms. The number of amides is 4. The second kappa shape index (κ2) is 24.0. The molecule has 81 heavy (non-hydrogen) atoms. The lowest BCUT2D eigenvalue weighted by Crippen LogP contribution is -2.65. The first-order valence-electron chi connectivity index (χ1n) is 27.7. The van der Waals surface area contributed by atoms with E-state index in [0.29, 0.717) is 68.0 Å². The second-order valence-electron chi connectivity index (χ2n) is 23.0. The third-order valence-electron chi connectivity index (χ3n) is 16.1. The van der Waals surface area contributed by atoms with Crippen LogP contribution in [0.1, 0.15) is 58.3 Å². The molecular weight excluding hydrogens is 1070 g/mol. The number of likely N-dealkylation sites (tertiary alicyclic amines) is 2. The predicted octanol–water partition coefficient (Wildman–Crippen LogP) is 6.65. The lowest BCUT2D eigenvalue weighted by atomic mass is 9.85. The predicted molar refractivity (Wildman–Crippen MR) is 313 cm³/mol. The lowest BCUT2D eigenvalue weighted by molar-refractivity contribution is -0.144. The zero-order chi connectivity index (χ0) is 57.4. The van der Waals surface area contributed by atoms with Crippen LogP contribution < -0.4 is 20.3 Å². The Balaban J connectivity index is 0.730. The van der Waals surface area contributed by atoms with Gasteiger partial charge in [0.05, 0.1) is 39.8 Å². The van der Waals surface area contributed by atoms with Crippen LogP contribution in [0.2, 0.25) is 5.02 Å². The van der Waals surface area contributed by atoms with Crippen molar-refractivity contribution in [2.75, 3.05) is 90.0 Å². The van der Waals surface area contributed by atoms with Crippen LogP contribution in [0.5, 0.6) is 11.8 Å². The van der Waals surface area contributed by atoms with Gasteiger partial charge >= 0.3 is 6.01 Å². The number of nitrogens with one attached hydrogen (secondary N) is 2. The number of hydrogen-bond donors (Lipinski definition) is 4. The summed E-state index contributed by atoms with van der Waals surface area (Å²) in [5.41, 5.74) is 4.58. The van der Waals surface area contributed by atoms with E-state index in [4.69, 9.17) is 21.3 Å². The van der Waals surface area contributed by atoms with Crippen molar-refractivity contribution in [3.05, 3.63) is 107 Å². The molecule has 4 aliphatic heterocycles. The van der Waals surface area contributed by atoms with Gasteiger partial charge in [-0.15, -0.1) is 11.3 Å². The first-order valence-corrected chi connectivity index (χ1v) is 29.0. The summed E-state index contributed by atoms with van der Waals surface area (Å²) in [7, 11) is 0. The number of rotatable bonds is 16. The standard InChI is InChI=1S/C60H71ClFN11O7S/c1-8-50(77)71-21-23-72(24-22-71)56-46-28-47(61)51(45-26-42(74)25-40-11-9-10-12-44(40)45)52(62)53(46)66-59(67-56)80-35(2)29-68-17-19-70(20-18-68)41-30-69(31-41)33-49(76)65-55(60(5,6)7)58(79)73-32-43(75)27-48(73)57(78)64-36(3)38-13-15-39(16-14-38)54-37(4)63-34-81-54/h8-16,25-26,28,34-36,41,43,48,55,74-75H,1,17-24,27,29-33H2,2-7H3,(H,64,78)(H,65,76)/t35-,36+,43-,48+,55-/m1/s1. The third-order valence-corrected chi connectivity index (χ3v) is 17.4. The SMILES string of the molecule is C=CC(=O)N1CCN(c2nc(O[C@H](C)CN3CCN(C4CN(CC(=O)N[C@H](C(=O)N5C[C@H](O)C[C@H]5C(=O)N[C@@H](C)c5ccc(-c6scnc6C)cc5)C(C)(C)C)C4)CC3)nc3c(F)c(-c4cc(O)cc5ccccc45)c(Cl)cc23)CC1. The molecular formula is C60H71ClFN11O7S. The third kappa shape index (κ3) is 12.5. The van der Waals surface area contributed by atoms with Gasteiger partial charge in [0.1, 0.15) is 35.3 Å². The van der Waals surface area contributed by atoms with E-state index >= 15 is 4.39 Å². The van der Waals surface area contributed by atoms with E-state index in [9.17, 15) is 29.4 Å². The molecule has 0 bridgehead atoms. The van der Waals surface area contributed by atoms with Gasteiger partial charge in [0.2, 0.25) is 23.6 Å². The zero-order valence-corrected chi connectivity index (χ0v) is 48.3. The van der Waals surface area contributed by atoms with Gasteiger partial charge in [0, 0.05) is 102 Å². The molecule has 4 aromatic carbocycles. The fourth-order valence-electron chi connectivity index (χ4n) is 11.7. The largest absolute Gasteiger partial charge is 0.508 e. The van der Waals surface area contributed by atoms with Crippen molar-refractivity contribution in [1.29, 1.82) is 0 Å². The van der Waals surface area contributed by atoms with Crippen molar-refractivity contribution < 1.29 is 38.5 Å². The van der Waals surface area contributed by atoms with Gasteiger partial charge in [-0.25, -0.2) is 9.37 Å². The highest BCUT2D eigenvalue weighted by Gasteiger charge is 2.45. The number of β-amino-alcohol motifs (C(OH)–C–C–N with tert-alkyl or cyclic N) is 1. The molecule has 4 N–H and O–H groups in total. The topological polar surface area (TPSA) is 200 Å². The van der Waals surface area contributed by atoms with Crippen molar-refractivity contribution in [2.45, 2.75) is 84.3 Å². The highest BCUT2D eigenvalue weighted by Crippen LogP contribution is 2.43. The summed E-state index contributed by atoms with van der Waals surface area (Å²) >= 11 is 8.53. The number of hydrogen-bond acceptors (Lipinski definition) is 15. The monoisotopic (exact) mass is 1140 g/mol. The van der Waals surface area contributed by atoms with Gasteiger partial charge in [-0.2, -0.15) is 9.97 Å². The fourth-order valence-corrected chi connectivity index (χ4v) is 12.8. The molecule has 0 radical (unpaired) electrons. The average molecular weight is 1140 g/mol. The summed E-state index contributed by atoms with van der Waals surface area (Å²) in [4.78, 5) is 81.3. The molecule has 4 saturated heterocycles. The number of thiazole rings is 1. The number of aromatic hydroxyl groups is 1. The molecule has 0 aliphatic carbocycles. The lowest BCUT2D eigenvalue weighted by Gasteiger charge is -2.48. The van der Waals surface area contributed by atoms with Crippen LogP contribution in [0.25, 0.3) is 43.2 Å². The Labute approximate surface area is 480 Å². The van der Waals surface area contributed by atoms with Crippen molar-refractivity contribution in [2.24, 2.45) is 5.41 Å². The Bertz CT molecular complexity index is 3340. The molecule has 0 unspecified atom stereocenters. The Kier molecular flexibility index (Phi) is 17.0. The maximum atomic E-state index is 17.2. The van der Waals surface area contributed by atoms with E-state index in [1.165, 1.54) is 17.0 Å². The summed E-state index contributed by atoms with van der Waals surface area (Å²) in [6.07, 6.45) is 0.127. The number of aliphatic hydroxyl groups excluding tert-OH is 1. The number of ether oxygens (including phenoxy) is 1. The molecule has 4 aliphatic rings. The van der Waals surface area contributed by atoms with E-state index in [1.54, 1.807) is 28.4 Å². The number of phenolic OH excluding ortho intramolecular Hbond substituents is 1. The molecule has 0 saturated carbocycles. The molecule has 4 amide bonds. The number of aromatic nitrogens is 3. The number of carbonyl (C=O) groups is 4. The highest BCUT2D eigenvalue weighted by molar-refractivity contribution is 7.13. The first-order chi connectivity index (χ1) is 38.7. The average Bonchev–Trinajstić information content (AvgIpc) is 4.23. The van der Waals surface area contributed by atoms with E-state index in [-0.39, 0.29) is 83.3 Å². The van der Waals surface area contributed by atoms with Crippen LogP contribution in [0.3, 0.4) is 0 Å². The minimum absolute atomic E-state index is 0.00571. The summed E-state index contributed by atoms with van der Waals surface area (Å²) in [5, 5.41) is 29.5. The van der Waals surface area contributed by atoms with Crippen LogP contribution >= 0.6 is 22.9 Å². The summed E-state index contributed by atoms with van der Waals surface area (Å²) in [6.45, 7) is 22.0. The smallest absolute Gasteiger partial charge is 0.319 e. The summed E-state index contributed by atoms with van der Waals surface area (Å²) < 4.78 is 23.7. The molecule has 2 aromatic heterocycles. The number of carbonyl (C=O) groups excluding carboxylic acids is 4. The summed E-state index contributed by atoms with van der Waals surface area (Å²) in [5.74, 6) is -1.48. The van der Waals surface area contributed by atoms with Crippen LogP contribution in [0.15, 0.2) is 84.9 Å². The normalized spacial score (nSPS) is 19.8. The van der Waals surface area contributed by atoms with Gasteiger partial charge in [0.15, 0.2) is 5.82 Å². The Morgan fingerprint density at radius 1 is 0.914 bits per heavy atom. The molecule has 6 heterocycles. The quantitative estimate of drug-likeness (QED) is 0.0751. The van der Waals surface area contributed by atoms with Crippen molar-refractivity contribution in [3.8, 4) is 33.3 Å². The minimum Gasteiger partial charge on any atom is -0.508 e. The molecule has 0 spiro atoms. The van der Waals surface area contributed by atoms with Crippen LogP contribution in [0, 0.1) is 18.2 Å². The van der Waals surface area contributed by atoms with Gasteiger partial charge in [0.25, 0.3) is 0 Å². The maximum Gasteiger partial charge on any atom is 0.319 e. The van der Waals surface area contributed by atoms with E-state index in [2.05, 4.69) is 41.9 Å². The second-order valence-corrected chi connectivity index (χ2v) is 24.3. The number of aliphatic hydroxyl groups is 1. The van der Waals surface area contributed by atoms with Crippen molar-refractivity contribution >= 4 is 74.1 Å². The maximum absolute atomic E-state index is 17.2. The fraction of sp³-hybridized carbons (Fsp3) is 0.450. The van der Waals surface area contributed by atoms with E-state index < -0.39 is 35.3 Å². The van der Waals surface area contributed by atoms with Crippen LogP contribution in [-0.4, -0.2) is 189 Å². The first kappa shape index (κ1) is 57.4. The minimum atomic E-state index is -0.932. The van der Waals surface area contributed by atoms with Crippen LogP contribution in [-0.2, 0) is 19.2 Å². The van der Waals surface area contributed by atoms with Crippen molar-refractivity contribution in [3.63, 3.8) is 0 Å². The van der Waals surface area contributed by atoms with Gasteiger partial charge in [-0.1, -0.05) is 87.5 Å². The Hall–Kier alpha value is -6.81.